The monoisotopic (exact) mass is 170 g/mol. The number of aliphatic hydroxyl groups is 1. The summed E-state index contributed by atoms with van der Waals surface area (Å²) in [7, 11) is 0. The third-order valence-corrected chi connectivity index (χ3v) is 3.18. The molecule has 0 amide bonds. The van der Waals surface area contributed by atoms with E-state index in [0.717, 1.165) is 25.4 Å². The summed E-state index contributed by atoms with van der Waals surface area (Å²) < 4.78 is 5.65. The fourth-order valence-electron chi connectivity index (χ4n) is 2.25. The van der Waals surface area contributed by atoms with Gasteiger partial charge in [-0.15, -0.1) is 0 Å². The molecule has 2 fully saturated rings. The lowest BCUT2D eigenvalue weighted by Crippen LogP contribution is -2.29. The van der Waals surface area contributed by atoms with Gasteiger partial charge in [-0.2, -0.15) is 0 Å². The Labute approximate surface area is 73.9 Å². The van der Waals surface area contributed by atoms with Crippen molar-refractivity contribution >= 4 is 0 Å². The summed E-state index contributed by atoms with van der Waals surface area (Å²) in [6, 6.07) is 0. The highest BCUT2D eigenvalue weighted by Crippen LogP contribution is 2.42. The molecule has 1 aliphatic carbocycles. The quantitative estimate of drug-likeness (QED) is 0.696. The molecule has 1 aliphatic heterocycles. The van der Waals surface area contributed by atoms with E-state index in [-0.39, 0.29) is 6.10 Å². The maximum absolute atomic E-state index is 9.72. The van der Waals surface area contributed by atoms with Crippen LogP contribution in [0, 0.1) is 11.8 Å². The zero-order valence-electron chi connectivity index (χ0n) is 7.70. The summed E-state index contributed by atoms with van der Waals surface area (Å²) in [5.41, 5.74) is 0. The Morgan fingerprint density at radius 1 is 1.42 bits per heavy atom. The Morgan fingerprint density at radius 2 is 2.17 bits per heavy atom. The predicted molar refractivity (Wildman–Crippen MR) is 46.9 cm³/mol. The molecule has 12 heavy (non-hydrogen) atoms. The Hall–Kier alpha value is -0.0800. The van der Waals surface area contributed by atoms with Gasteiger partial charge in [-0.3, -0.25) is 0 Å². The molecule has 2 rings (SSSR count). The minimum Gasteiger partial charge on any atom is -0.393 e. The predicted octanol–water partition coefficient (Wildman–Crippen LogP) is 1.57. The van der Waals surface area contributed by atoms with Crippen LogP contribution in [0.3, 0.4) is 0 Å². The van der Waals surface area contributed by atoms with Gasteiger partial charge in [0.1, 0.15) is 0 Å². The Morgan fingerprint density at radius 3 is 2.75 bits per heavy atom. The number of aliphatic hydroxyl groups excluding tert-OH is 1. The molecule has 3 unspecified atom stereocenters. The van der Waals surface area contributed by atoms with Crippen LogP contribution in [0.2, 0.25) is 0 Å². The van der Waals surface area contributed by atoms with Gasteiger partial charge in [-0.1, -0.05) is 6.92 Å². The first kappa shape index (κ1) is 8.52. The molecule has 0 bridgehead atoms. The minimum absolute atomic E-state index is 0.127. The summed E-state index contributed by atoms with van der Waals surface area (Å²) in [6.07, 6.45) is 4.83. The van der Waals surface area contributed by atoms with E-state index in [4.69, 9.17) is 4.74 Å². The number of rotatable bonds is 3. The van der Waals surface area contributed by atoms with Crippen LogP contribution >= 0.6 is 0 Å². The molecule has 0 aromatic rings. The van der Waals surface area contributed by atoms with E-state index in [0.29, 0.717) is 12.0 Å². The third kappa shape index (κ3) is 1.50. The van der Waals surface area contributed by atoms with Crippen LogP contribution < -0.4 is 0 Å². The normalized spacial score (nSPS) is 38.5. The van der Waals surface area contributed by atoms with Crippen LogP contribution in [0.4, 0.5) is 0 Å². The van der Waals surface area contributed by atoms with Gasteiger partial charge in [-0.25, -0.2) is 0 Å². The number of hydrogen-bond donors (Lipinski definition) is 1. The Bertz CT molecular complexity index is 154. The van der Waals surface area contributed by atoms with E-state index in [9.17, 15) is 5.11 Å². The summed E-state index contributed by atoms with van der Waals surface area (Å²) in [5.74, 6) is 1.21. The molecule has 2 heteroatoms. The standard InChI is InChI=1S/C10H18O2/c1-2-9(11)8-5-6-12-10(8)7-3-4-7/h7-11H,2-6H2,1H3. The molecular weight excluding hydrogens is 152 g/mol. The molecule has 1 N–H and O–H groups in total. The molecule has 0 radical (unpaired) electrons. The fraction of sp³-hybridized carbons (Fsp3) is 1.00. The van der Waals surface area contributed by atoms with Gasteiger partial charge in [0.15, 0.2) is 0 Å². The third-order valence-electron chi connectivity index (χ3n) is 3.18. The lowest BCUT2D eigenvalue weighted by atomic mass is 9.91. The van der Waals surface area contributed by atoms with Gasteiger partial charge in [0.25, 0.3) is 0 Å². The molecule has 2 aliphatic rings. The first-order valence-electron chi connectivity index (χ1n) is 5.12. The molecular formula is C10H18O2. The average molecular weight is 170 g/mol. The Kier molecular flexibility index (Phi) is 2.37. The fourth-order valence-corrected chi connectivity index (χ4v) is 2.25. The first-order valence-corrected chi connectivity index (χ1v) is 5.12. The summed E-state index contributed by atoms with van der Waals surface area (Å²) in [6.45, 7) is 2.91. The summed E-state index contributed by atoms with van der Waals surface area (Å²) >= 11 is 0. The van der Waals surface area contributed by atoms with Crippen LogP contribution in [-0.2, 0) is 4.74 Å². The summed E-state index contributed by atoms with van der Waals surface area (Å²) in [4.78, 5) is 0. The van der Waals surface area contributed by atoms with E-state index < -0.39 is 0 Å². The molecule has 0 aromatic heterocycles. The van der Waals surface area contributed by atoms with Crippen LogP contribution in [0.1, 0.15) is 32.6 Å². The summed E-state index contributed by atoms with van der Waals surface area (Å²) in [5, 5.41) is 9.72. The number of hydrogen-bond acceptors (Lipinski definition) is 2. The van der Waals surface area contributed by atoms with Gasteiger partial charge in [0.05, 0.1) is 12.2 Å². The average Bonchev–Trinajstić information content (AvgIpc) is 2.83. The molecule has 1 saturated heterocycles. The van der Waals surface area contributed by atoms with Crippen molar-refractivity contribution in [3.05, 3.63) is 0 Å². The van der Waals surface area contributed by atoms with E-state index >= 15 is 0 Å². The van der Waals surface area contributed by atoms with Gasteiger partial charge < -0.3 is 9.84 Å². The first-order chi connectivity index (χ1) is 5.83. The van der Waals surface area contributed by atoms with Crippen molar-refractivity contribution in [1.29, 1.82) is 0 Å². The van der Waals surface area contributed by atoms with E-state index in [1.54, 1.807) is 0 Å². The van der Waals surface area contributed by atoms with Crippen LogP contribution in [0.15, 0.2) is 0 Å². The van der Waals surface area contributed by atoms with Gasteiger partial charge >= 0.3 is 0 Å². The molecule has 70 valence electrons. The molecule has 2 nitrogen and oxygen atoms in total. The second-order valence-electron chi connectivity index (χ2n) is 4.10. The van der Waals surface area contributed by atoms with Crippen molar-refractivity contribution in [2.24, 2.45) is 11.8 Å². The lowest BCUT2D eigenvalue weighted by molar-refractivity contribution is 0.0197. The smallest absolute Gasteiger partial charge is 0.0656 e. The topological polar surface area (TPSA) is 29.5 Å². The van der Waals surface area contributed by atoms with Crippen molar-refractivity contribution in [2.45, 2.75) is 44.8 Å². The van der Waals surface area contributed by atoms with Gasteiger partial charge in [0.2, 0.25) is 0 Å². The second kappa shape index (κ2) is 3.35. The van der Waals surface area contributed by atoms with Crippen LogP contribution in [0.25, 0.3) is 0 Å². The molecule has 0 spiro atoms. The largest absolute Gasteiger partial charge is 0.393 e. The molecule has 1 heterocycles. The van der Waals surface area contributed by atoms with Crippen LogP contribution in [0.5, 0.6) is 0 Å². The zero-order valence-corrected chi connectivity index (χ0v) is 7.70. The maximum atomic E-state index is 9.72. The highest BCUT2D eigenvalue weighted by atomic mass is 16.5. The second-order valence-corrected chi connectivity index (χ2v) is 4.10. The van der Waals surface area contributed by atoms with Crippen molar-refractivity contribution in [3.8, 4) is 0 Å². The molecule has 0 aromatic carbocycles. The van der Waals surface area contributed by atoms with Crippen molar-refractivity contribution < 1.29 is 9.84 Å². The van der Waals surface area contributed by atoms with E-state index in [1.807, 2.05) is 6.92 Å². The van der Waals surface area contributed by atoms with Crippen molar-refractivity contribution in [3.63, 3.8) is 0 Å². The highest BCUT2D eigenvalue weighted by molar-refractivity contribution is 4.92. The van der Waals surface area contributed by atoms with E-state index in [2.05, 4.69) is 0 Å². The van der Waals surface area contributed by atoms with Crippen molar-refractivity contribution in [2.75, 3.05) is 6.61 Å². The Balaban J connectivity index is 1.93. The van der Waals surface area contributed by atoms with E-state index in [1.165, 1.54) is 12.8 Å². The minimum atomic E-state index is -0.127. The van der Waals surface area contributed by atoms with Crippen molar-refractivity contribution in [1.82, 2.24) is 0 Å². The number of ether oxygens (including phenoxy) is 1. The maximum Gasteiger partial charge on any atom is 0.0656 e. The zero-order chi connectivity index (χ0) is 8.55. The molecule has 1 saturated carbocycles. The van der Waals surface area contributed by atoms with Gasteiger partial charge in [-0.05, 0) is 31.6 Å². The SMILES string of the molecule is CCC(O)C1CCOC1C1CC1. The highest BCUT2D eigenvalue weighted by Gasteiger charge is 2.42. The lowest BCUT2D eigenvalue weighted by Gasteiger charge is -2.22. The van der Waals surface area contributed by atoms with Crippen LogP contribution in [-0.4, -0.2) is 23.9 Å². The molecule has 3 atom stereocenters. The van der Waals surface area contributed by atoms with Gasteiger partial charge in [0, 0.05) is 12.5 Å².